The fraction of sp³-hybridized carbons (Fsp3) is 0. The molecule has 230 valence electrons. The number of fused-ring (bicyclic) bond motifs is 8. The Hall–Kier alpha value is -6.50. The predicted molar refractivity (Wildman–Crippen MR) is 208 cm³/mol. The van der Waals surface area contributed by atoms with Crippen molar-refractivity contribution in [3.8, 4) is 17.2 Å². The zero-order valence-electron chi connectivity index (χ0n) is 26.3. The maximum atomic E-state index is 6.55. The second kappa shape index (κ2) is 8.74. The Morgan fingerprint density at radius 1 is 0.520 bits per heavy atom. The predicted octanol–water partition coefficient (Wildman–Crippen LogP) is 12.1. The van der Waals surface area contributed by atoms with Crippen LogP contribution in [0.4, 0.5) is 0 Å². The van der Waals surface area contributed by atoms with Gasteiger partial charge in [0.2, 0.25) is 5.95 Å². The molecule has 0 fully saturated rings. The van der Waals surface area contributed by atoms with Crippen molar-refractivity contribution in [1.29, 1.82) is 0 Å². The van der Waals surface area contributed by atoms with Crippen LogP contribution in [0.25, 0.3) is 119 Å². The highest BCUT2D eigenvalue weighted by Crippen LogP contribution is 2.50. The van der Waals surface area contributed by atoms with Gasteiger partial charge in [0.15, 0.2) is 5.58 Å². The van der Waals surface area contributed by atoms with Gasteiger partial charge in [0.1, 0.15) is 16.8 Å². The number of hydrogen-bond donors (Lipinski definition) is 0. The molecule has 7 aromatic carbocycles. The lowest BCUT2D eigenvalue weighted by molar-refractivity contribution is 0.666. The number of nitrogens with zero attached hydrogens (tertiary/aromatic N) is 4. The van der Waals surface area contributed by atoms with E-state index in [2.05, 4.69) is 124 Å². The first-order valence-corrected chi connectivity index (χ1v) is 17.7. The maximum absolute atomic E-state index is 6.55. The molecule has 0 aliphatic heterocycles. The molecule has 5 nitrogen and oxygen atoms in total. The van der Waals surface area contributed by atoms with Crippen molar-refractivity contribution in [2.45, 2.75) is 0 Å². The quantitative estimate of drug-likeness (QED) is 0.186. The zero-order valence-corrected chi connectivity index (χ0v) is 27.1. The number of aromatic nitrogens is 4. The monoisotopic (exact) mass is 654 g/mol. The first-order valence-electron chi connectivity index (χ1n) is 16.8. The van der Waals surface area contributed by atoms with Crippen molar-refractivity contribution in [2.75, 3.05) is 0 Å². The van der Waals surface area contributed by atoms with Crippen molar-refractivity contribution in [2.24, 2.45) is 0 Å². The molecule has 0 unspecified atom stereocenters. The third kappa shape index (κ3) is 2.97. The molecule has 50 heavy (non-hydrogen) atoms. The van der Waals surface area contributed by atoms with Gasteiger partial charge in [0, 0.05) is 52.7 Å². The molecule has 0 saturated heterocycles. The largest absolute Gasteiger partial charge is 0.452 e. The number of thiophene rings is 1. The summed E-state index contributed by atoms with van der Waals surface area (Å²) in [6, 6.07) is 47.8. The molecule has 0 radical (unpaired) electrons. The van der Waals surface area contributed by atoms with Crippen LogP contribution in [0.5, 0.6) is 0 Å². The van der Waals surface area contributed by atoms with Gasteiger partial charge in [-0.15, -0.1) is 11.3 Å². The summed E-state index contributed by atoms with van der Waals surface area (Å²) in [6.07, 6.45) is 0. The smallest absolute Gasteiger partial charge is 0.236 e. The fourth-order valence-corrected chi connectivity index (χ4v) is 9.91. The van der Waals surface area contributed by atoms with Crippen LogP contribution in [0.2, 0.25) is 0 Å². The van der Waals surface area contributed by atoms with Gasteiger partial charge in [-0.25, -0.2) is 9.97 Å². The van der Waals surface area contributed by atoms with Gasteiger partial charge < -0.3 is 8.82 Å². The second-order valence-electron chi connectivity index (χ2n) is 13.3. The summed E-state index contributed by atoms with van der Waals surface area (Å²) in [5, 5.41) is 11.0. The zero-order chi connectivity index (χ0) is 32.2. The third-order valence-electron chi connectivity index (χ3n) is 10.8. The van der Waals surface area contributed by atoms with Crippen molar-refractivity contribution in [1.82, 2.24) is 18.9 Å². The molecule has 13 aromatic rings. The van der Waals surface area contributed by atoms with Crippen molar-refractivity contribution in [3.63, 3.8) is 0 Å². The van der Waals surface area contributed by atoms with Gasteiger partial charge in [-0.3, -0.25) is 4.57 Å². The minimum atomic E-state index is 0.631. The number of furan rings is 1. The summed E-state index contributed by atoms with van der Waals surface area (Å²) < 4.78 is 13.9. The lowest BCUT2D eigenvalue weighted by Crippen LogP contribution is -2.03. The summed E-state index contributed by atoms with van der Waals surface area (Å²) in [6.45, 7) is 0. The molecule has 0 aliphatic rings. The molecule has 6 heterocycles. The van der Waals surface area contributed by atoms with E-state index in [1.807, 2.05) is 29.5 Å². The Morgan fingerprint density at radius 2 is 1.28 bits per heavy atom. The van der Waals surface area contributed by atoms with E-state index in [-0.39, 0.29) is 0 Å². The standard InChI is InChI=1S/C44H22N4OS/c1-2-9-24-22-25(17-16-23(24)8-1)40-43-41(28-11-4-6-15-33(28)49-43)46-44(45-40)48-31-14-7-13-30-36(31)37-32(48)19-21-34-38(37)39-35(50-34)20-18-27-26-10-3-5-12-29(26)47(30)42(27)39/h1-22H. The molecule has 0 aliphatic carbocycles. The highest BCUT2D eigenvalue weighted by molar-refractivity contribution is 7.26. The van der Waals surface area contributed by atoms with Crippen LogP contribution < -0.4 is 0 Å². The van der Waals surface area contributed by atoms with Crippen molar-refractivity contribution < 1.29 is 4.42 Å². The Balaban J connectivity index is 1.24. The Morgan fingerprint density at radius 3 is 2.24 bits per heavy atom. The summed E-state index contributed by atoms with van der Waals surface area (Å²) in [4.78, 5) is 10.8. The Kier molecular flexibility index (Phi) is 4.46. The molecular formula is C44H22N4OS. The number of rotatable bonds is 2. The van der Waals surface area contributed by atoms with Gasteiger partial charge >= 0.3 is 0 Å². The lowest BCUT2D eigenvalue weighted by atomic mass is 10.0. The Labute approximate surface area is 286 Å². The normalized spacial score (nSPS) is 12.8. The topological polar surface area (TPSA) is 48.3 Å². The van der Waals surface area contributed by atoms with Gasteiger partial charge in [-0.1, -0.05) is 78.9 Å². The van der Waals surface area contributed by atoms with Crippen LogP contribution in [-0.2, 0) is 0 Å². The molecular weight excluding hydrogens is 633 g/mol. The molecule has 13 rings (SSSR count). The minimum Gasteiger partial charge on any atom is -0.452 e. The van der Waals surface area contributed by atoms with E-state index >= 15 is 0 Å². The highest BCUT2D eigenvalue weighted by Gasteiger charge is 2.27. The van der Waals surface area contributed by atoms with E-state index in [4.69, 9.17) is 14.4 Å². The van der Waals surface area contributed by atoms with Crippen LogP contribution in [0, 0.1) is 0 Å². The van der Waals surface area contributed by atoms with Crippen LogP contribution in [0.15, 0.2) is 138 Å². The van der Waals surface area contributed by atoms with Crippen LogP contribution in [0.1, 0.15) is 0 Å². The molecule has 0 saturated carbocycles. The third-order valence-corrected chi connectivity index (χ3v) is 12.0. The van der Waals surface area contributed by atoms with Gasteiger partial charge in [0.05, 0.1) is 27.6 Å². The van der Waals surface area contributed by atoms with Crippen LogP contribution in [-0.4, -0.2) is 18.9 Å². The summed E-state index contributed by atoms with van der Waals surface area (Å²) >= 11 is 1.88. The van der Waals surface area contributed by atoms with Gasteiger partial charge in [-0.05, 0) is 65.4 Å². The van der Waals surface area contributed by atoms with E-state index in [1.54, 1.807) is 0 Å². The Bertz CT molecular complexity index is 3560. The van der Waals surface area contributed by atoms with Gasteiger partial charge in [0.25, 0.3) is 0 Å². The van der Waals surface area contributed by atoms with Crippen LogP contribution >= 0.6 is 11.3 Å². The van der Waals surface area contributed by atoms with Crippen molar-refractivity contribution in [3.05, 3.63) is 133 Å². The molecule has 6 aromatic heterocycles. The summed E-state index contributed by atoms with van der Waals surface area (Å²) in [5.41, 5.74) is 9.97. The summed E-state index contributed by atoms with van der Waals surface area (Å²) in [5.74, 6) is 0.631. The average Bonchev–Trinajstić information content (AvgIpc) is 3.89. The number of para-hydroxylation sites is 2. The first kappa shape index (κ1) is 25.5. The number of benzene rings is 7. The fourth-order valence-electron chi connectivity index (χ4n) is 8.79. The van der Waals surface area contributed by atoms with E-state index < -0.39 is 0 Å². The van der Waals surface area contributed by atoms with E-state index in [1.165, 1.54) is 63.7 Å². The van der Waals surface area contributed by atoms with E-state index in [9.17, 15) is 0 Å². The van der Waals surface area contributed by atoms with E-state index in [0.717, 1.165) is 44.2 Å². The average molecular weight is 655 g/mol. The molecule has 0 atom stereocenters. The van der Waals surface area contributed by atoms with E-state index in [0.29, 0.717) is 11.5 Å². The SMILES string of the molecule is c1ccc2cc(-c3nc(-n4c5ccc6sc7ccc8c9ccccc9n9c%10cccc4c%10c5c6c7c89)nc4c3oc3ccccc34)ccc2c1. The van der Waals surface area contributed by atoms with Gasteiger partial charge in [-0.2, -0.15) is 0 Å². The molecule has 6 heteroatoms. The minimum absolute atomic E-state index is 0.631. The highest BCUT2D eigenvalue weighted by atomic mass is 32.1. The molecule has 0 N–H and O–H groups in total. The van der Waals surface area contributed by atoms with Crippen molar-refractivity contribution >= 4 is 113 Å². The molecule has 0 spiro atoms. The number of hydrogen-bond acceptors (Lipinski definition) is 4. The molecule has 0 bridgehead atoms. The maximum Gasteiger partial charge on any atom is 0.236 e. The second-order valence-corrected chi connectivity index (χ2v) is 14.4. The summed E-state index contributed by atoms with van der Waals surface area (Å²) in [7, 11) is 0. The first-order chi connectivity index (χ1) is 24.8. The van der Waals surface area contributed by atoms with Crippen LogP contribution in [0.3, 0.4) is 0 Å². The lowest BCUT2D eigenvalue weighted by Gasteiger charge is -2.10. The molecule has 0 amide bonds.